The molecule has 0 fully saturated rings. The summed E-state index contributed by atoms with van der Waals surface area (Å²) in [6.07, 6.45) is 0. The molecule has 1 aliphatic rings. The van der Waals surface area contributed by atoms with Gasteiger partial charge in [-0.2, -0.15) is 0 Å². The number of fused-ring (bicyclic) bond motifs is 1. The van der Waals surface area contributed by atoms with E-state index in [9.17, 15) is 9.59 Å². The fourth-order valence-corrected chi connectivity index (χ4v) is 4.77. The molecule has 0 unspecified atom stereocenters. The van der Waals surface area contributed by atoms with E-state index >= 15 is 0 Å². The van der Waals surface area contributed by atoms with Crippen LogP contribution in [0, 0.1) is 3.57 Å². The number of halogens is 2. The highest BCUT2D eigenvalue weighted by molar-refractivity contribution is 14.2. The average molecular weight is 383 g/mol. The van der Waals surface area contributed by atoms with E-state index in [0.29, 0.717) is 19.7 Å². The second-order valence-corrected chi connectivity index (χ2v) is 7.27. The van der Waals surface area contributed by atoms with E-state index in [1.165, 1.54) is 0 Å². The van der Waals surface area contributed by atoms with Gasteiger partial charge in [0, 0.05) is 19.7 Å². The third-order valence-electron chi connectivity index (χ3n) is 2.82. The summed E-state index contributed by atoms with van der Waals surface area (Å²) in [5.41, 5.74) is 1.22. The van der Waals surface area contributed by atoms with E-state index in [1.807, 2.05) is 18.2 Å². The minimum atomic E-state index is -0.673. The van der Waals surface area contributed by atoms with Crippen molar-refractivity contribution in [2.24, 2.45) is 0 Å². The maximum atomic E-state index is 12.4. The molecule has 2 aromatic carbocycles. The molecular weight excluding hydrogens is 375 g/mol. The van der Waals surface area contributed by atoms with E-state index in [-0.39, 0.29) is 11.6 Å². The Kier molecular flexibility index (Phi) is 3.33. The van der Waals surface area contributed by atoms with Gasteiger partial charge in [-0.15, -0.1) is 0 Å². The van der Waals surface area contributed by atoms with Gasteiger partial charge in [0.1, 0.15) is 3.51 Å². The van der Waals surface area contributed by atoms with Gasteiger partial charge in [-0.1, -0.05) is 44.5 Å². The highest BCUT2D eigenvalue weighted by Gasteiger charge is 2.28. The maximum Gasteiger partial charge on any atom is 0.203 e. The number of ketones is 2. The van der Waals surface area contributed by atoms with E-state index in [1.54, 1.807) is 30.3 Å². The van der Waals surface area contributed by atoms with Gasteiger partial charge in [0.05, 0.1) is 0 Å². The summed E-state index contributed by atoms with van der Waals surface area (Å²) in [7, 11) is 0. The summed E-state index contributed by atoms with van der Waals surface area (Å²) < 4.78 is 1.48. The Hall–Kier alpha value is -1.33. The van der Waals surface area contributed by atoms with Crippen LogP contribution < -0.4 is 0 Å². The van der Waals surface area contributed by atoms with Crippen molar-refractivity contribution in [1.82, 2.24) is 0 Å². The Bertz CT molecular complexity index is 717. The smallest absolute Gasteiger partial charge is 0.203 e. The summed E-state index contributed by atoms with van der Waals surface area (Å²) >= 11 is 5.13. The monoisotopic (exact) mass is 382 g/mol. The third-order valence-corrected chi connectivity index (χ3v) is 6.11. The molecule has 0 radical (unpaired) electrons. The Labute approximate surface area is 125 Å². The fraction of sp³-hybridized carbons (Fsp3) is 0. The molecule has 0 saturated heterocycles. The molecule has 19 heavy (non-hydrogen) atoms. The van der Waals surface area contributed by atoms with Gasteiger partial charge in [0.25, 0.3) is 0 Å². The zero-order chi connectivity index (χ0) is 13.4. The molecule has 0 spiro atoms. The molecule has 1 aliphatic heterocycles. The number of rotatable bonds is 2. The lowest BCUT2D eigenvalue weighted by Crippen LogP contribution is -2.20. The molecule has 0 aliphatic carbocycles. The van der Waals surface area contributed by atoms with Crippen molar-refractivity contribution in [1.29, 1.82) is 0 Å². The first kappa shape index (κ1) is 12.7. The molecule has 4 heteroatoms. The van der Waals surface area contributed by atoms with E-state index in [0.717, 1.165) is 3.57 Å². The molecular formula is C15H8ClIO2. The van der Waals surface area contributed by atoms with E-state index < -0.39 is 20.7 Å². The zero-order valence-corrected chi connectivity index (χ0v) is 12.6. The third kappa shape index (κ3) is 2.28. The number of Topliss-reactive ketones (excluding diaryl/α,β-unsaturated/α-hetero) is 2. The Morgan fingerprint density at radius 2 is 1.68 bits per heavy atom. The van der Waals surface area contributed by atoms with Gasteiger partial charge >= 0.3 is 0 Å². The second-order valence-electron chi connectivity index (χ2n) is 4.05. The number of hydrogen-bond donors (Lipinski definition) is 0. The minimum absolute atomic E-state index is 0.108. The molecule has 1 heterocycles. The number of hydrogen-bond acceptors (Lipinski definition) is 2. The van der Waals surface area contributed by atoms with Crippen LogP contribution in [0.15, 0.2) is 48.5 Å². The molecule has 0 atom stereocenters. The van der Waals surface area contributed by atoms with Crippen LogP contribution in [0.2, 0.25) is 5.02 Å². The van der Waals surface area contributed by atoms with E-state index in [4.69, 9.17) is 11.6 Å². The first-order valence-corrected chi connectivity index (χ1v) is 8.16. The van der Waals surface area contributed by atoms with Crippen molar-refractivity contribution in [2.75, 3.05) is 0 Å². The van der Waals surface area contributed by atoms with Crippen molar-refractivity contribution in [3.8, 4) is 0 Å². The normalized spacial score (nSPS) is 13.5. The standard InChI is InChI=1S/C15H8ClIO2/c16-10-7-5-9(6-8-10)14(18)13-15(19)11-3-1-2-4-12(11)17-13/h1-8H. The predicted octanol–water partition coefficient (Wildman–Crippen LogP) is 3.73. The van der Waals surface area contributed by atoms with Crippen molar-refractivity contribution in [2.45, 2.75) is 0 Å². The van der Waals surface area contributed by atoms with Gasteiger partial charge in [-0.25, -0.2) is 0 Å². The lowest BCUT2D eigenvalue weighted by Gasteiger charge is -2.00. The summed E-state index contributed by atoms with van der Waals surface area (Å²) in [5.74, 6) is -0.269. The average Bonchev–Trinajstić information content (AvgIpc) is 2.77. The highest BCUT2D eigenvalue weighted by atomic mass is 127. The van der Waals surface area contributed by atoms with Crippen LogP contribution >= 0.6 is 32.3 Å². The van der Waals surface area contributed by atoms with Crippen molar-refractivity contribution < 1.29 is 9.59 Å². The number of benzene rings is 2. The van der Waals surface area contributed by atoms with Crippen LogP contribution in [-0.2, 0) is 0 Å². The van der Waals surface area contributed by atoms with Gasteiger partial charge in [0.15, 0.2) is 0 Å². The summed E-state index contributed by atoms with van der Waals surface area (Å²) in [5, 5.41) is 0.581. The quantitative estimate of drug-likeness (QED) is 0.586. The zero-order valence-electron chi connectivity index (χ0n) is 9.69. The largest absolute Gasteiger partial charge is 0.288 e. The van der Waals surface area contributed by atoms with Gasteiger partial charge in [0.2, 0.25) is 11.6 Å². The predicted molar refractivity (Wildman–Crippen MR) is 84.3 cm³/mol. The van der Waals surface area contributed by atoms with Crippen LogP contribution in [-0.4, -0.2) is 15.1 Å². The number of carbonyl (C=O) groups is 2. The van der Waals surface area contributed by atoms with Crippen LogP contribution in [0.4, 0.5) is 0 Å². The molecule has 94 valence electrons. The SMILES string of the molecule is O=C(C1=Ic2ccccc2C1=O)c1ccc(Cl)cc1. The van der Waals surface area contributed by atoms with E-state index in [2.05, 4.69) is 0 Å². The maximum absolute atomic E-state index is 12.4. The van der Waals surface area contributed by atoms with Crippen molar-refractivity contribution >= 4 is 47.4 Å². The Morgan fingerprint density at radius 3 is 2.37 bits per heavy atom. The highest BCUT2D eigenvalue weighted by Crippen LogP contribution is 2.29. The summed E-state index contributed by atoms with van der Waals surface area (Å²) in [6.45, 7) is 0. The first-order valence-electron chi connectivity index (χ1n) is 5.62. The fourth-order valence-electron chi connectivity index (χ4n) is 1.86. The first-order chi connectivity index (χ1) is 9.16. The Balaban J connectivity index is 1.99. The molecule has 0 amide bonds. The van der Waals surface area contributed by atoms with Crippen LogP contribution in [0.3, 0.4) is 0 Å². The number of carbonyl (C=O) groups excluding carboxylic acids is 2. The molecule has 0 aromatic heterocycles. The topological polar surface area (TPSA) is 34.1 Å². The van der Waals surface area contributed by atoms with Crippen LogP contribution in [0.5, 0.6) is 0 Å². The molecule has 0 bridgehead atoms. The lowest BCUT2D eigenvalue weighted by atomic mass is 10.0. The Morgan fingerprint density at radius 1 is 1.00 bits per heavy atom. The molecule has 2 aromatic rings. The lowest BCUT2D eigenvalue weighted by molar-refractivity contribution is 0.102. The summed E-state index contributed by atoms with van der Waals surface area (Å²) in [6, 6.07) is 14.1. The van der Waals surface area contributed by atoms with Crippen LogP contribution in [0.25, 0.3) is 0 Å². The molecule has 0 saturated carbocycles. The van der Waals surface area contributed by atoms with Crippen molar-refractivity contribution in [3.05, 3.63) is 68.3 Å². The van der Waals surface area contributed by atoms with Gasteiger partial charge in [-0.05, 0) is 36.4 Å². The van der Waals surface area contributed by atoms with Gasteiger partial charge in [-0.3, -0.25) is 9.59 Å². The van der Waals surface area contributed by atoms with Crippen molar-refractivity contribution in [3.63, 3.8) is 0 Å². The summed E-state index contributed by atoms with van der Waals surface area (Å²) in [4.78, 5) is 24.6. The molecule has 2 nitrogen and oxygen atoms in total. The minimum Gasteiger partial charge on any atom is -0.288 e. The molecule has 0 N–H and O–H groups in total. The van der Waals surface area contributed by atoms with Crippen LogP contribution in [0.1, 0.15) is 20.7 Å². The second kappa shape index (κ2) is 4.98. The molecule has 3 rings (SSSR count). The van der Waals surface area contributed by atoms with Gasteiger partial charge < -0.3 is 0 Å².